The van der Waals surface area contributed by atoms with E-state index >= 15 is 0 Å². The average molecular weight is 180 g/mol. The van der Waals surface area contributed by atoms with E-state index in [9.17, 15) is 9.18 Å². The van der Waals surface area contributed by atoms with Gasteiger partial charge in [-0.3, -0.25) is 4.79 Å². The predicted octanol–water partition coefficient (Wildman–Crippen LogP) is 2.69. The Morgan fingerprint density at radius 2 is 1.85 bits per heavy atom. The fourth-order valence-electron chi connectivity index (χ4n) is 1.16. The van der Waals surface area contributed by atoms with E-state index in [-0.39, 0.29) is 11.6 Å². The van der Waals surface area contributed by atoms with Gasteiger partial charge in [-0.05, 0) is 26.8 Å². The first kappa shape index (κ1) is 9.90. The fraction of sp³-hybridized carbons (Fsp3) is 0.364. The van der Waals surface area contributed by atoms with Crippen LogP contribution in [0.4, 0.5) is 4.39 Å². The summed E-state index contributed by atoms with van der Waals surface area (Å²) in [6.45, 7) is 4.94. The smallest absolute Gasteiger partial charge is 0.139 e. The van der Waals surface area contributed by atoms with Crippen LogP contribution in [0.1, 0.15) is 26.3 Å². The summed E-state index contributed by atoms with van der Waals surface area (Å²) in [5, 5.41) is 0. The molecular weight excluding hydrogens is 167 g/mol. The summed E-state index contributed by atoms with van der Waals surface area (Å²) in [6, 6.07) is 6.38. The van der Waals surface area contributed by atoms with Crippen molar-refractivity contribution >= 4 is 5.78 Å². The van der Waals surface area contributed by atoms with E-state index < -0.39 is 5.41 Å². The molecule has 70 valence electrons. The SMILES string of the molecule is CC(=O)C(C)(C)c1ccccc1F. The Balaban J connectivity index is 3.22. The molecule has 0 heterocycles. The molecule has 0 spiro atoms. The highest BCUT2D eigenvalue weighted by molar-refractivity contribution is 5.87. The maximum Gasteiger partial charge on any atom is 0.139 e. The lowest BCUT2D eigenvalue weighted by Gasteiger charge is -2.21. The molecule has 0 atom stereocenters. The highest BCUT2D eigenvalue weighted by Crippen LogP contribution is 2.26. The van der Waals surface area contributed by atoms with Crippen LogP contribution in [-0.4, -0.2) is 5.78 Å². The summed E-state index contributed by atoms with van der Waals surface area (Å²) < 4.78 is 13.3. The standard InChI is InChI=1S/C11H13FO/c1-8(13)11(2,3)9-6-4-5-7-10(9)12/h4-7H,1-3H3. The van der Waals surface area contributed by atoms with Crippen molar-refractivity contribution in [2.24, 2.45) is 0 Å². The summed E-state index contributed by atoms with van der Waals surface area (Å²) >= 11 is 0. The van der Waals surface area contributed by atoms with Crippen molar-refractivity contribution in [1.29, 1.82) is 0 Å². The topological polar surface area (TPSA) is 17.1 Å². The maximum atomic E-state index is 13.3. The highest BCUT2D eigenvalue weighted by Gasteiger charge is 2.28. The zero-order valence-electron chi connectivity index (χ0n) is 8.10. The molecule has 0 aliphatic heterocycles. The van der Waals surface area contributed by atoms with Crippen molar-refractivity contribution in [3.05, 3.63) is 35.6 Å². The molecule has 1 aromatic rings. The normalized spacial score (nSPS) is 11.4. The average Bonchev–Trinajstić information content (AvgIpc) is 2.04. The van der Waals surface area contributed by atoms with E-state index in [2.05, 4.69) is 0 Å². The largest absolute Gasteiger partial charge is 0.299 e. The second-order valence-corrected chi connectivity index (χ2v) is 3.66. The van der Waals surface area contributed by atoms with Gasteiger partial charge in [0.1, 0.15) is 11.6 Å². The van der Waals surface area contributed by atoms with Crippen molar-refractivity contribution in [2.45, 2.75) is 26.2 Å². The van der Waals surface area contributed by atoms with Crippen LogP contribution in [0, 0.1) is 5.82 Å². The molecule has 0 N–H and O–H groups in total. The minimum atomic E-state index is -0.731. The van der Waals surface area contributed by atoms with Gasteiger partial charge < -0.3 is 0 Å². The van der Waals surface area contributed by atoms with Crippen LogP contribution in [0.5, 0.6) is 0 Å². The Labute approximate surface area is 77.6 Å². The molecule has 0 aliphatic carbocycles. The van der Waals surface area contributed by atoms with Gasteiger partial charge in [0.25, 0.3) is 0 Å². The molecule has 1 aromatic carbocycles. The van der Waals surface area contributed by atoms with Crippen LogP contribution in [0.2, 0.25) is 0 Å². The second kappa shape index (κ2) is 3.29. The van der Waals surface area contributed by atoms with E-state index in [1.165, 1.54) is 13.0 Å². The van der Waals surface area contributed by atoms with Gasteiger partial charge in [-0.15, -0.1) is 0 Å². The molecule has 13 heavy (non-hydrogen) atoms. The minimum absolute atomic E-state index is 0.0300. The van der Waals surface area contributed by atoms with Crippen molar-refractivity contribution < 1.29 is 9.18 Å². The number of hydrogen-bond donors (Lipinski definition) is 0. The molecule has 1 rings (SSSR count). The van der Waals surface area contributed by atoms with Crippen LogP contribution in [0.3, 0.4) is 0 Å². The van der Waals surface area contributed by atoms with E-state index in [1.54, 1.807) is 32.0 Å². The van der Waals surface area contributed by atoms with Gasteiger partial charge in [-0.25, -0.2) is 4.39 Å². The molecule has 0 bridgehead atoms. The van der Waals surface area contributed by atoms with Gasteiger partial charge in [0.2, 0.25) is 0 Å². The molecule has 0 radical (unpaired) electrons. The highest BCUT2D eigenvalue weighted by atomic mass is 19.1. The number of ketones is 1. The van der Waals surface area contributed by atoms with Crippen LogP contribution >= 0.6 is 0 Å². The Morgan fingerprint density at radius 3 is 2.31 bits per heavy atom. The molecule has 0 saturated heterocycles. The van der Waals surface area contributed by atoms with E-state index in [4.69, 9.17) is 0 Å². The molecule has 0 fully saturated rings. The van der Waals surface area contributed by atoms with Gasteiger partial charge in [-0.1, -0.05) is 18.2 Å². The van der Waals surface area contributed by atoms with Crippen molar-refractivity contribution in [2.75, 3.05) is 0 Å². The number of rotatable bonds is 2. The lowest BCUT2D eigenvalue weighted by atomic mass is 9.81. The summed E-state index contributed by atoms with van der Waals surface area (Å²) in [5.41, 5.74) is -0.270. The van der Waals surface area contributed by atoms with E-state index in [1.807, 2.05) is 0 Å². The molecule has 0 aliphatic rings. The Bertz CT molecular complexity index is 329. The number of carbonyl (C=O) groups excluding carboxylic acids is 1. The van der Waals surface area contributed by atoms with Crippen LogP contribution in [0.25, 0.3) is 0 Å². The van der Waals surface area contributed by atoms with Gasteiger partial charge in [0.15, 0.2) is 0 Å². The zero-order chi connectivity index (χ0) is 10.1. The minimum Gasteiger partial charge on any atom is -0.299 e. The first-order valence-electron chi connectivity index (χ1n) is 4.22. The van der Waals surface area contributed by atoms with Crippen LogP contribution in [0.15, 0.2) is 24.3 Å². The monoisotopic (exact) mass is 180 g/mol. The van der Waals surface area contributed by atoms with E-state index in [0.717, 1.165) is 0 Å². The lowest BCUT2D eigenvalue weighted by Crippen LogP contribution is -2.27. The Kier molecular flexibility index (Phi) is 2.50. The maximum absolute atomic E-state index is 13.3. The first-order valence-corrected chi connectivity index (χ1v) is 4.22. The third-order valence-corrected chi connectivity index (χ3v) is 2.43. The summed E-state index contributed by atoms with van der Waals surface area (Å²) in [7, 11) is 0. The fourth-order valence-corrected chi connectivity index (χ4v) is 1.16. The third-order valence-electron chi connectivity index (χ3n) is 2.43. The van der Waals surface area contributed by atoms with Gasteiger partial charge in [0.05, 0.1) is 5.41 Å². The molecule has 0 unspecified atom stereocenters. The molecule has 0 amide bonds. The number of carbonyl (C=O) groups is 1. The van der Waals surface area contributed by atoms with Crippen LogP contribution < -0.4 is 0 Å². The Hall–Kier alpha value is -1.18. The van der Waals surface area contributed by atoms with Crippen molar-refractivity contribution in [3.63, 3.8) is 0 Å². The number of halogens is 1. The third kappa shape index (κ3) is 1.77. The molecule has 0 aromatic heterocycles. The summed E-state index contributed by atoms with van der Waals surface area (Å²) in [6.07, 6.45) is 0. The first-order chi connectivity index (χ1) is 5.96. The van der Waals surface area contributed by atoms with Crippen LogP contribution in [-0.2, 0) is 10.2 Å². The quantitative estimate of drug-likeness (QED) is 0.683. The second-order valence-electron chi connectivity index (χ2n) is 3.66. The zero-order valence-corrected chi connectivity index (χ0v) is 8.10. The van der Waals surface area contributed by atoms with Gasteiger partial charge in [-0.2, -0.15) is 0 Å². The molecule has 1 nitrogen and oxygen atoms in total. The van der Waals surface area contributed by atoms with Crippen molar-refractivity contribution in [1.82, 2.24) is 0 Å². The molecular formula is C11H13FO. The Morgan fingerprint density at radius 1 is 1.31 bits per heavy atom. The summed E-state index contributed by atoms with van der Waals surface area (Å²) in [4.78, 5) is 11.3. The van der Waals surface area contributed by atoms with Gasteiger partial charge in [0, 0.05) is 5.56 Å². The lowest BCUT2D eigenvalue weighted by molar-refractivity contribution is -0.121. The molecule has 2 heteroatoms. The van der Waals surface area contributed by atoms with Gasteiger partial charge >= 0.3 is 0 Å². The number of hydrogen-bond acceptors (Lipinski definition) is 1. The predicted molar refractivity (Wildman–Crippen MR) is 50.1 cm³/mol. The number of benzene rings is 1. The summed E-state index contributed by atoms with van der Waals surface area (Å²) in [5.74, 6) is -0.347. The van der Waals surface area contributed by atoms with Crippen molar-refractivity contribution in [3.8, 4) is 0 Å². The number of Topliss-reactive ketones (excluding diaryl/α,β-unsaturated/α-hetero) is 1. The molecule has 0 saturated carbocycles. The van der Waals surface area contributed by atoms with E-state index in [0.29, 0.717) is 5.56 Å².